The van der Waals surface area contributed by atoms with Crippen molar-refractivity contribution in [2.75, 3.05) is 7.05 Å². The van der Waals surface area contributed by atoms with Gasteiger partial charge in [0.2, 0.25) is 0 Å². The second kappa shape index (κ2) is 7.83. The highest BCUT2D eigenvalue weighted by Crippen LogP contribution is 2.41. The van der Waals surface area contributed by atoms with Gasteiger partial charge >= 0.3 is 0 Å². The lowest BCUT2D eigenvalue weighted by molar-refractivity contribution is 0.489. The van der Waals surface area contributed by atoms with Crippen molar-refractivity contribution in [2.45, 2.75) is 19.0 Å². The van der Waals surface area contributed by atoms with E-state index in [1.54, 1.807) is 0 Å². The Morgan fingerprint density at radius 1 is 0.750 bits per heavy atom. The van der Waals surface area contributed by atoms with Crippen molar-refractivity contribution in [2.24, 2.45) is 0 Å². The molecule has 0 saturated heterocycles. The van der Waals surface area contributed by atoms with Crippen molar-refractivity contribution >= 4 is 0 Å². The van der Waals surface area contributed by atoms with Crippen molar-refractivity contribution < 1.29 is 0 Å². The van der Waals surface area contributed by atoms with Crippen LogP contribution < -0.4 is 5.32 Å². The lowest BCUT2D eigenvalue weighted by atomic mass is 9.76. The van der Waals surface area contributed by atoms with E-state index in [0.29, 0.717) is 0 Å². The van der Waals surface area contributed by atoms with E-state index >= 15 is 0 Å². The fourth-order valence-corrected chi connectivity index (χ4v) is 4.09. The summed E-state index contributed by atoms with van der Waals surface area (Å²) in [5, 5.41) is 3.32. The fourth-order valence-electron chi connectivity index (χ4n) is 4.09. The number of nitrogens with one attached hydrogen (secondary N) is 1. The minimum atomic E-state index is -0.503. The first kappa shape index (κ1) is 18.2. The smallest absolute Gasteiger partial charge is 0.121 e. The molecule has 0 spiro atoms. The number of rotatable bonds is 6. The molecular weight excluding hydrogens is 342 g/mol. The number of aromatic nitrogens is 2. The van der Waals surface area contributed by atoms with Crippen molar-refractivity contribution in [1.29, 1.82) is 0 Å². The van der Waals surface area contributed by atoms with Gasteiger partial charge in [0.05, 0.1) is 17.7 Å². The summed E-state index contributed by atoms with van der Waals surface area (Å²) in [6, 6.07) is 32.1. The van der Waals surface area contributed by atoms with Gasteiger partial charge in [-0.1, -0.05) is 91.0 Å². The molecule has 0 radical (unpaired) electrons. The van der Waals surface area contributed by atoms with Crippen LogP contribution in [0.4, 0.5) is 0 Å². The highest BCUT2D eigenvalue weighted by atomic mass is 15.1. The summed E-state index contributed by atoms with van der Waals surface area (Å²) in [6.07, 6.45) is 1.98. The van der Waals surface area contributed by atoms with E-state index in [1.165, 1.54) is 22.4 Å². The molecule has 3 aromatic carbocycles. The summed E-state index contributed by atoms with van der Waals surface area (Å²) in [5.41, 5.74) is 5.35. The third-order valence-corrected chi connectivity index (χ3v) is 5.36. The molecule has 1 aromatic heterocycles. The zero-order valence-corrected chi connectivity index (χ0v) is 16.3. The van der Waals surface area contributed by atoms with Gasteiger partial charge in [0, 0.05) is 6.54 Å². The molecular formula is C25H25N3. The Kier molecular flexibility index (Phi) is 5.09. The highest BCUT2D eigenvalue weighted by Gasteiger charge is 2.39. The molecule has 0 atom stereocenters. The maximum Gasteiger partial charge on any atom is 0.121 e. The van der Waals surface area contributed by atoms with E-state index in [4.69, 9.17) is 4.98 Å². The quantitative estimate of drug-likeness (QED) is 0.498. The molecule has 140 valence electrons. The summed E-state index contributed by atoms with van der Waals surface area (Å²) in [6.45, 7) is 2.83. The second-order valence-electron chi connectivity index (χ2n) is 6.99. The molecule has 3 nitrogen and oxygen atoms in total. The number of nitrogens with zero attached hydrogens (tertiary/aromatic N) is 2. The molecule has 4 rings (SSSR count). The van der Waals surface area contributed by atoms with Crippen LogP contribution in [0.15, 0.2) is 97.3 Å². The largest absolute Gasteiger partial charge is 0.314 e. The van der Waals surface area contributed by atoms with Crippen LogP contribution >= 0.6 is 0 Å². The number of imidazole rings is 1. The Bertz CT molecular complexity index is 925. The van der Waals surface area contributed by atoms with Gasteiger partial charge < -0.3 is 9.88 Å². The predicted molar refractivity (Wildman–Crippen MR) is 114 cm³/mol. The Morgan fingerprint density at radius 3 is 1.57 bits per heavy atom. The topological polar surface area (TPSA) is 29.9 Å². The van der Waals surface area contributed by atoms with Crippen molar-refractivity contribution in [3.05, 3.63) is 125 Å². The molecule has 0 unspecified atom stereocenters. The maximum atomic E-state index is 4.70. The van der Waals surface area contributed by atoms with E-state index in [1.807, 2.05) is 13.4 Å². The first-order valence-corrected chi connectivity index (χ1v) is 9.63. The maximum absolute atomic E-state index is 4.70. The van der Waals surface area contributed by atoms with E-state index in [2.05, 4.69) is 108 Å². The molecule has 3 heteroatoms. The SMILES string of the molecule is CNCc1c(C)ncn1C(c1ccccc1)(c1ccccc1)c1ccccc1. The molecule has 0 aliphatic rings. The van der Waals surface area contributed by atoms with Gasteiger partial charge in [-0.3, -0.25) is 0 Å². The summed E-state index contributed by atoms with van der Waals surface area (Å²) in [4.78, 5) is 4.70. The van der Waals surface area contributed by atoms with Crippen LogP contribution in [0.3, 0.4) is 0 Å². The molecule has 0 saturated carbocycles. The molecule has 28 heavy (non-hydrogen) atoms. The number of hydrogen-bond donors (Lipinski definition) is 1. The summed E-state index contributed by atoms with van der Waals surface area (Å²) in [7, 11) is 1.98. The van der Waals surface area contributed by atoms with E-state index in [-0.39, 0.29) is 0 Å². The van der Waals surface area contributed by atoms with Crippen LogP contribution in [-0.4, -0.2) is 16.6 Å². The van der Waals surface area contributed by atoms with Crippen LogP contribution in [0.5, 0.6) is 0 Å². The van der Waals surface area contributed by atoms with Crippen molar-refractivity contribution in [3.8, 4) is 0 Å². The minimum absolute atomic E-state index is 0.503. The number of benzene rings is 3. The molecule has 4 aromatic rings. The van der Waals surface area contributed by atoms with Crippen LogP contribution in [-0.2, 0) is 12.1 Å². The lowest BCUT2D eigenvalue weighted by Crippen LogP contribution is -2.39. The zero-order valence-electron chi connectivity index (χ0n) is 16.3. The van der Waals surface area contributed by atoms with Gasteiger partial charge in [0.25, 0.3) is 0 Å². The standard InChI is InChI=1S/C25H25N3/c1-20-24(18-26-2)28(19-27-20)25(21-12-6-3-7-13-21,22-14-8-4-9-15-22)23-16-10-5-11-17-23/h3-17,19,26H,18H2,1-2H3. The average molecular weight is 367 g/mol. The predicted octanol–water partition coefficient (Wildman–Crippen LogP) is 4.75. The molecule has 0 fully saturated rings. The summed E-state index contributed by atoms with van der Waals surface area (Å²) in [5.74, 6) is 0. The van der Waals surface area contributed by atoms with E-state index in [0.717, 1.165) is 12.2 Å². The Hall–Kier alpha value is -3.17. The Morgan fingerprint density at radius 2 is 1.18 bits per heavy atom. The fraction of sp³-hybridized carbons (Fsp3) is 0.160. The first-order chi connectivity index (χ1) is 13.8. The monoisotopic (exact) mass is 367 g/mol. The lowest BCUT2D eigenvalue weighted by Gasteiger charge is -2.38. The second-order valence-corrected chi connectivity index (χ2v) is 6.99. The molecule has 1 N–H and O–H groups in total. The van der Waals surface area contributed by atoms with E-state index in [9.17, 15) is 0 Å². The molecule has 0 bridgehead atoms. The highest BCUT2D eigenvalue weighted by molar-refractivity contribution is 5.51. The van der Waals surface area contributed by atoms with Crippen LogP contribution in [0.25, 0.3) is 0 Å². The van der Waals surface area contributed by atoms with Crippen molar-refractivity contribution in [1.82, 2.24) is 14.9 Å². The number of aryl methyl sites for hydroxylation is 1. The average Bonchev–Trinajstić information content (AvgIpc) is 3.12. The molecule has 1 heterocycles. The third-order valence-electron chi connectivity index (χ3n) is 5.36. The van der Waals surface area contributed by atoms with E-state index < -0.39 is 5.54 Å². The van der Waals surface area contributed by atoms with Gasteiger partial charge in [-0.05, 0) is 30.7 Å². The Labute approximate surface area is 166 Å². The van der Waals surface area contributed by atoms with Crippen LogP contribution in [0.1, 0.15) is 28.1 Å². The van der Waals surface area contributed by atoms with Crippen molar-refractivity contribution in [3.63, 3.8) is 0 Å². The third kappa shape index (κ3) is 2.94. The molecule has 0 amide bonds. The van der Waals surface area contributed by atoms with Gasteiger partial charge in [-0.25, -0.2) is 4.98 Å². The normalized spacial score (nSPS) is 11.5. The van der Waals surface area contributed by atoms with Gasteiger partial charge in [0.1, 0.15) is 5.54 Å². The van der Waals surface area contributed by atoms with Crippen LogP contribution in [0, 0.1) is 6.92 Å². The zero-order chi connectivity index (χ0) is 19.4. The number of hydrogen-bond acceptors (Lipinski definition) is 2. The summed E-state index contributed by atoms with van der Waals surface area (Å²) >= 11 is 0. The van der Waals surface area contributed by atoms with Gasteiger partial charge in [-0.2, -0.15) is 0 Å². The molecule has 0 aliphatic carbocycles. The Balaban J connectivity index is 2.14. The van der Waals surface area contributed by atoms with Gasteiger partial charge in [-0.15, -0.1) is 0 Å². The summed E-state index contributed by atoms with van der Waals surface area (Å²) < 4.78 is 2.33. The van der Waals surface area contributed by atoms with Gasteiger partial charge in [0.15, 0.2) is 0 Å². The molecule has 0 aliphatic heterocycles. The van der Waals surface area contributed by atoms with Crippen LogP contribution in [0.2, 0.25) is 0 Å². The first-order valence-electron chi connectivity index (χ1n) is 9.63. The minimum Gasteiger partial charge on any atom is -0.314 e.